The van der Waals surface area contributed by atoms with E-state index in [1.165, 1.54) is 44.3 Å². The molecule has 0 bridgehead atoms. The zero-order valence-electron chi connectivity index (χ0n) is 6.51. The highest BCUT2D eigenvalue weighted by Crippen LogP contribution is 2.39. The van der Waals surface area contributed by atoms with Crippen LogP contribution in [0.1, 0.15) is 38.5 Å². The lowest BCUT2D eigenvalue weighted by Crippen LogP contribution is -2.25. The second-order valence-electron chi connectivity index (χ2n) is 3.60. The van der Waals surface area contributed by atoms with Crippen LogP contribution in [0.25, 0.3) is 0 Å². The minimum Gasteiger partial charge on any atom is -0.158 e. The number of rotatable bonds is 0. The lowest BCUT2D eigenvalue weighted by molar-refractivity contribution is 0.340. The average molecular weight is 156 g/mol. The summed E-state index contributed by atoms with van der Waals surface area (Å²) in [5.74, 6) is 2.56. The molecule has 2 fully saturated rings. The Labute approximate surface area is 67.8 Å². The van der Waals surface area contributed by atoms with E-state index in [-0.39, 0.29) is 0 Å². The normalized spacial score (nSPS) is 40.8. The number of hydrogen-bond acceptors (Lipinski definition) is 1. The van der Waals surface area contributed by atoms with E-state index in [1.54, 1.807) is 0 Å². The van der Waals surface area contributed by atoms with Crippen LogP contribution in [-0.4, -0.2) is 11.0 Å². The van der Waals surface area contributed by atoms with Crippen molar-refractivity contribution in [3.63, 3.8) is 0 Å². The summed E-state index contributed by atoms with van der Waals surface area (Å²) in [6.07, 6.45) is 9.12. The van der Waals surface area contributed by atoms with Crippen LogP contribution in [0.3, 0.4) is 0 Å². The molecule has 0 aromatic rings. The molecule has 58 valence electrons. The molecule has 1 heterocycles. The molecular formula is C9H16S. The Hall–Kier alpha value is 0.350. The molecule has 2 atom stereocenters. The third-order valence-corrected chi connectivity index (χ3v) is 4.46. The maximum Gasteiger partial charge on any atom is 0.00753 e. The van der Waals surface area contributed by atoms with Gasteiger partial charge in [-0.3, -0.25) is 0 Å². The van der Waals surface area contributed by atoms with Crippen LogP contribution in [0.4, 0.5) is 0 Å². The van der Waals surface area contributed by atoms with Crippen molar-refractivity contribution in [2.24, 2.45) is 5.92 Å². The highest BCUT2D eigenvalue weighted by Gasteiger charge is 2.27. The first-order valence-electron chi connectivity index (χ1n) is 4.58. The van der Waals surface area contributed by atoms with Crippen molar-refractivity contribution in [3.05, 3.63) is 0 Å². The van der Waals surface area contributed by atoms with Gasteiger partial charge in [0.1, 0.15) is 0 Å². The molecule has 1 aliphatic carbocycles. The molecule has 2 rings (SSSR count). The van der Waals surface area contributed by atoms with E-state index < -0.39 is 0 Å². The first-order chi connectivity index (χ1) is 4.97. The molecule has 0 unspecified atom stereocenters. The second kappa shape index (κ2) is 3.17. The lowest BCUT2D eigenvalue weighted by Gasteiger charge is -2.34. The first kappa shape index (κ1) is 7.02. The van der Waals surface area contributed by atoms with Gasteiger partial charge in [0.15, 0.2) is 0 Å². The van der Waals surface area contributed by atoms with E-state index in [9.17, 15) is 0 Å². The number of hydrogen-bond donors (Lipinski definition) is 0. The van der Waals surface area contributed by atoms with Gasteiger partial charge in [0.25, 0.3) is 0 Å². The van der Waals surface area contributed by atoms with Gasteiger partial charge in [0, 0.05) is 5.25 Å². The molecule has 0 spiro atoms. The third kappa shape index (κ3) is 1.34. The van der Waals surface area contributed by atoms with Crippen molar-refractivity contribution >= 4 is 11.8 Å². The van der Waals surface area contributed by atoms with Crippen molar-refractivity contribution in [1.29, 1.82) is 0 Å². The SMILES string of the molecule is C1CC[C@@H]2SCCC[C@H]2C1. The Morgan fingerprint density at radius 3 is 2.60 bits per heavy atom. The summed E-state index contributed by atoms with van der Waals surface area (Å²) in [5, 5.41) is 1.07. The van der Waals surface area contributed by atoms with Crippen LogP contribution in [0.2, 0.25) is 0 Å². The molecule has 0 radical (unpaired) electrons. The van der Waals surface area contributed by atoms with Crippen molar-refractivity contribution in [1.82, 2.24) is 0 Å². The Kier molecular flexibility index (Phi) is 2.22. The van der Waals surface area contributed by atoms with Gasteiger partial charge in [-0.2, -0.15) is 11.8 Å². The summed E-state index contributed by atoms with van der Waals surface area (Å²) < 4.78 is 0. The van der Waals surface area contributed by atoms with E-state index in [2.05, 4.69) is 11.8 Å². The van der Waals surface area contributed by atoms with Gasteiger partial charge in [-0.15, -0.1) is 0 Å². The average Bonchev–Trinajstić information content (AvgIpc) is 2.05. The van der Waals surface area contributed by atoms with E-state index in [4.69, 9.17) is 0 Å². The molecule has 1 aliphatic heterocycles. The summed E-state index contributed by atoms with van der Waals surface area (Å²) >= 11 is 2.25. The third-order valence-electron chi connectivity index (χ3n) is 2.89. The fourth-order valence-electron chi connectivity index (χ4n) is 2.30. The van der Waals surface area contributed by atoms with E-state index >= 15 is 0 Å². The highest BCUT2D eigenvalue weighted by molar-refractivity contribution is 7.99. The highest BCUT2D eigenvalue weighted by atomic mass is 32.2. The maximum absolute atomic E-state index is 2.25. The molecule has 0 nitrogen and oxygen atoms in total. The Morgan fingerprint density at radius 2 is 1.70 bits per heavy atom. The second-order valence-corrected chi connectivity index (χ2v) is 4.94. The largest absolute Gasteiger partial charge is 0.158 e. The molecule has 10 heavy (non-hydrogen) atoms. The molecule has 2 aliphatic rings. The summed E-state index contributed by atoms with van der Waals surface area (Å²) in [6.45, 7) is 0. The van der Waals surface area contributed by atoms with Crippen LogP contribution in [0, 0.1) is 5.92 Å². The van der Waals surface area contributed by atoms with Crippen LogP contribution >= 0.6 is 11.8 Å². The van der Waals surface area contributed by atoms with E-state index in [0.29, 0.717) is 0 Å². The van der Waals surface area contributed by atoms with Gasteiger partial charge < -0.3 is 0 Å². The van der Waals surface area contributed by atoms with Gasteiger partial charge in [0.05, 0.1) is 0 Å². The summed E-state index contributed by atoms with van der Waals surface area (Å²) in [5.41, 5.74) is 0. The van der Waals surface area contributed by atoms with Crippen LogP contribution in [-0.2, 0) is 0 Å². The monoisotopic (exact) mass is 156 g/mol. The number of fused-ring (bicyclic) bond motifs is 1. The zero-order chi connectivity index (χ0) is 6.81. The summed E-state index contributed by atoms with van der Waals surface area (Å²) in [4.78, 5) is 0. The smallest absolute Gasteiger partial charge is 0.00753 e. The lowest BCUT2D eigenvalue weighted by atomic mass is 9.85. The van der Waals surface area contributed by atoms with Crippen molar-refractivity contribution in [3.8, 4) is 0 Å². The van der Waals surface area contributed by atoms with Crippen LogP contribution in [0.5, 0.6) is 0 Å². The van der Waals surface area contributed by atoms with E-state index in [0.717, 1.165) is 11.2 Å². The molecule has 0 amide bonds. The van der Waals surface area contributed by atoms with Crippen LogP contribution in [0.15, 0.2) is 0 Å². The van der Waals surface area contributed by atoms with E-state index in [1.807, 2.05) is 0 Å². The number of thioether (sulfide) groups is 1. The van der Waals surface area contributed by atoms with Gasteiger partial charge in [-0.1, -0.05) is 12.8 Å². The topological polar surface area (TPSA) is 0 Å². The molecule has 0 N–H and O–H groups in total. The fraction of sp³-hybridized carbons (Fsp3) is 1.00. The minimum absolute atomic E-state index is 1.07. The standard InChI is InChI=1S/C9H16S/c1-2-6-9-8(4-1)5-3-7-10-9/h8-9H,1-7H2/t8-,9+/m1/s1. The molecular weight excluding hydrogens is 140 g/mol. The Bertz CT molecular complexity index is 85.3. The summed E-state index contributed by atoms with van der Waals surface area (Å²) in [7, 11) is 0. The fourth-order valence-corrected chi connectivity index (χ4v) is 3.82. The van der Waals surface area contributed by atoms with Crippen molar-refractivity contribution in [2.75, 3.05) is 5.75 Å². The summed E-state index contributed by atoms with van der Waals surface area (Å²) in [6, 6.07) is 0. The quantitative estimate of drug-likeness (QED) is 0.519. The molecule has 1 heteroatoms. The molecule has 0 aromatic heterocycles. The van der Waals surface area contributed by atoms with Crippen molar-refractivity contribution < 1.29 is 0 Å². The van der Waals surface area contributed by atoms with Gasteiger partial charge in [0.2, 0.25) is 0 Å². The van der Waals surface area contributed by atoms with Gasteiger partial charge >= 0.3 is 0 Å². The molecule has 1 saturated carbocycles. The minimum atomic E-state index is 1.07. The predicted octanol–water partition coefficient (Wildman–Crippen LogP) is 3.07. The Balaban J connectivity index is 1.93. The van der Waals surface area contributed by atoms with Gasteiger partial charge in [-0.25, -0.2) is 0 Å². The van der Waals surface area contributed by atoms with Crippen LogP contribution < -0.4 is 0 Å². The predicted molar refractivity (Wildman–Crippen MR) is 47.4 cm³/mol. The maximum atomic E-state index is 2.25. The Morgan fingerprint density at radius 1 is 0.900 bits per heavy atom. The van der Waals surface area contributed by atoms with Gasteiger partial charge in [-0.05, 0) is 37.4 Å². The van der Waals surface area contributed by atoms with Crippen molar-refractivity contribution in [2.45, 2.75) is 43.8 Å². The first-order valence-corrected chi connectivity index (χ1v) is 5.63. The molecule has 1 saturated heterocycles. The zero-order valence-corrected chi connectivity index (χ0v) is 7.33. The molecule has 0 aromatic carbocycles.